The minimum atomic E-state index is -2.23. The van der Waals surface area contributed by atoms with Crippen LogP contribution in [0, 0.1) is 0 Å². The first kappa shape index (κ1) is 28.6. The van der Waals surface area contributed by atoms with Crippen molar-refractivity contribution in [3.63, 3.8) is 0 Å². The summed E-state index contributed by atoms with van der Waals surface area (Å²) in [5.41, 5.74) is -2.23. The summed E-state index contributed by atoms with van der Waals surface area (Å²) in [6, 6.07) is 0. The van der Waals surface area contributed by atoms with E-state index in [1.54, 1.807) is 0 Å². The Morgan fingerprint density at radius 3 is 1.47 bits per heavy atom. The Balaban J connectivity index is 3.74. The van der Waals surface area contributed by atoms with Crippen LogP contribution in [0.4, 0.5) is 0 Å². The van der Waals surface area contributed by atoms with E-state index >= 15 is 0 Å². The van der Waals surface area contributed by atoms with Crippen LogP contribution in [-0.2, 0) is 19.1 Å². The van der Waals surface area contributed by atoms with Gasteiger partial charge in [-0.05, 0) is 20.3 Å². The number of aliphatic carboxylic acids is 1. The van der Waals surface area contributed by atoms with Gasteiger partial charge in [0.25, 0.3) is 5.60 Å². The number of carboxylic acids is 1. The summed E-state index contributed by atoms with van der Waals surface area (Å²) in [4.78, 5) is 35.2. The van der Waals surface area contributed by atoms with Crippen molar-refractivity contribution in [2.75, 3.05) is 0 Å². The average molecular weight is 429 g/mol. The monoisotopic (exact) mass is 428 g/mol. The second kappa shape index (κ2) is 17.3. The average Bonchev–Trinajstić information content (AvgIpc) is 2.70. The van der Waals surface area contributed by atoms with Gasteiger partial charge in [-0.25, -0.2) is 9.59 Å². The number of hydrogen-bond donors (Lipinski definition) is 2. The highest BCUT2D eigenvalue weighted by Crippen LogP contribution is 2.19. The van der Waals surface area contributed by atoms with Gasteiger partial charge in [-0.1, -0.05) is 96.8 Å². The van der Waals surface area contributed by atoms with Crippen LogP contribution in [0.25, 0.3) is 0 Å². The molecule has 0 aliphatic carbocycles. The van der Waals surface area contributed by atoms with Crippen molar-refractivity contribution in [2.24, 2.45) is 0 Å². The van der Waals surface area contributed by atoms with Gasteiger partial charge in [0.15, 0.2) is 5.78 Å². The summed E-state index contributed by atoms with van der Waals surface area (Å²) in [5, 5.41) is 18.5. The van der Waals surface area contributed by atoms with Crippen molar-refractivity contribution in [3.8, 4) is 0 Å². The Bertz CT molecular complexity index is 488. The lowest BCUT2D eigenvalue weighted by Gasteiger charge is -2.24. The van der Waals surface area contributed by atoms with Gasteiger partial charge in [-0.2, -0.15) is 0 Å². The highest BCUT2D eigenvalue weighted by atomic mass is 16.6. The van der Waals surface area contributed by atoms with E-state index in [4.69, 9.17) is 4.74 Å². The van der Waals surface area contributed by atoms with Crippen LogP contribution in [0.15, 0.2) is 0 Å². The molecule has 2 atom stereocenters. The predicted molar refractivity (Wildman–Crippen MR) is 118 cm³/mol. The van der Waals surface area contributed by atoms with E-state index in [0.29, 0.717) is 6.42 Å². The molecule has 0 fully saturated rings. The van der Waals surface area contributed by atoms with E-state index in [1.807, 2.05) is 0 Å². The smallest absolute Gasteiger partial charge is 0.355 e. The summed E-state index contributed by atoms with van der Waals surface area (Å²) in [6.07, 6.45) is 16.7. The van der Waals surface area contributed by atoms with Crippen LogP contribution in [0.1, 0.15) is 124 Å². The zero-order chi connectivity index (χ0) is 22.8. The number of unbranched alkanes of at least 4 members (excludes halogenated alkanes) is 14. The van der Waals surface area contributed by atoms with Crippen LogP contribution in [0.3, 0.4) is 0 Å². The van der Waals surface area contributed by atoms with Crippen molar-refractivity contribution < 1.29 is 29.3 Å². The first-order valence-corrected chi connectivity index (χ1v) is 11.9. The minimum absolute atomic E-state index is 0.0497. The molecule has 0 aliphatic rings. The number of Topliss-reactive ketones (excluding diaryl/α,β-unsaturated/α-hetero) is 1. The topological polar surface area (TPSA) is 101 Å². The summed E-state index contributed by atoms with van der Waals surface area (Å²) >= 11 is 0. The molecule has 0 saturated carbocycles. The van der Waals surface area contributed by atoms with Gasteiger partial charge >= 0.3 is 11.9 Å². The maximum Gasteiger partial charge on any atom is 0.355 e. The molecular formula is C24H44O6. The van der Waals surface area contributed by atoms with Crippen molar-refractivity contribution in [3.05, 3.63) is 0 Å². The molecule has 30 heavy (non-hydrogen) atoms. The molecule has 0 saturated heterocycles. The van der Waals surface area contributed by atoms with E-state index in [0.717, 1.165) is 26.2 Å². The molecule has 2 unspecified atom stereocenters. The van der Waals surface area contributed by atoms with Crippen molar-refractivity contribution >= 4 is 17.7 Å². The Hall–Kier alpha value is -1.43. The fourth-order valence-corrected chi connectivity index (χ4v) is 3.40. The van der Waals surface area contributed by atoms with Crippen LogP contribution < -0.4 is 0 Å². The third-order valence-electron chi connectivity index (χ3n) is 5.59. The van der Waals surface area contributed by atoms with Crippen molar-refractivity contribution in [1.29, 1.82) is 0 Å². The summed E-state index contributed by atoms with van der Waals surface area (Å²) in [5.74, 6) is -3.26. The van der Waals surface area contributed by atoms with E-state index in [9.17, 15) is 24.6 Å². The standard InChI is InChI=1S/C24H44O6/c1-4-5-6-7-8-9-10-11-12-13-14-15-16-17-18-19-21(26)24(3,23(28)29)30-22(27)20(2)25/h20,25H,4-19H2,1-3H3,(H,28,29). The van der Waals surface area contributed by atoms with Crippen LogP contribution in [-0.4, -0.2) is 39.6 Å². The number of carboxylic acid groups (broad SMARTS) is 1. The van der Waals surface area contributed by atoms with Gasteiger partial charge in [0.1, 0.15) is 6.10 Å². The number of carbonyl (C=O) groups excluding carboxylic acids is 2. The van der Waals surface area contributed by atoms with Crippen LogP contribution in [0.5, 0.6) is 0 Å². The molecule has 0 amide bonds. The predicted octanol–water partition coefficient (Wildman–Crippen LogP) is 5.58. The van der Waals surface area contributed by atoms with E-state index in [1.165, 1.54) is 77.6 Å². The van der Waals surface area contributed by atoms with Crippen LogP contribution in [0.2, 0.25) is 0 Å². The van der Waals surface area contributed by atoms with Gasteiger partial charge < -0.3 is 14.9 Å². The van der Waals surface area contributed by atoms with E-state index in [2.05, 4.69) is 6.92 Å². The zero-order valence-corrected chi connectivity index (χ0v) is 19.4. The second-order valence-electron chi connectivity index (χ2n) is 8.56. The summed E-state index contributed by atoms with van der Waals surface area (Å²) in [6.45, 7) is 4.49. The third-order valence-corrected chi connectivity index (χ3v) is 5.59. The molecule has 0 bridgehead atoms. The van der Waals surface area contributed by atoms with Crippen molar-refractivity contribution in [1.82, 2.24) is 0 Å². The summed E-state index contributed by atoms with van der Waals surface area (Å²) < 4.78 is 4.76. The summed E-state index contributed by atoms with van der Waals surface area (Å²) in [7, 11) is 0. The van der Waals surface area contributed by atoms with Crippen LogP contribution >= 0.6 is 0 Å². The number of ether oxygens (including phenoxy) is 1. The molecule has 0 aromatic carbocycles. The molecule has 6 heteroatoms. The quantitative estimate of drug-likeness (QED) is 0.149. The number of hydrogen-bond acceptors (Lipinski definition) is 5. The lowest BCUT2D eigenvalue weighted by atomic mass is 9.95. The number of esters is 1. The molecule has 0 aromatic rings. The molecule has 0 heterocycles. The maximum absolute atomic E-state index is 12.3. The number of ketones is 1. The zero-order valence-electron chi connectivity index (χ0n) is 19.4. The number of aliphatic hydroxyl groups is 1. The largest absolute Gasteiger partial charge is 0.478 e. The highest BCUT2D eigenvalue weighted by molar-refractivity contribution is 6.07. The van der Waals surface area contributed by atoms with Gasteiger partial charge in [0.05, 0.1) is 0 Å². The molecule has 0 rings (SSSR count). The Morgan fingerprint density at radius 1 is 0.767 bits per heavy atom. The lowest BCUT2D eigenvalue weighted by molar-refractivity contribution is -0.185. The molecule has 176 valence electrons. The van der Waals surface area contributed by atoms with Crippen molar-refractivity contribution in [2.45, 2.75) is 135 Å². The van der Waals surface area contributed by atoms with Gasteiger partial charge in [0, 0.05) is 6.42 Å². The van der Waals surface area contributed by atoms with E-state index in [-0.39, 0.29) is 6.42 Å². The van der Waals surface area contributed by atoms with Gasteiger partial charge in [-0.15, -0.1) is 0 Å². The first-order valence-electron chi connectivity index (χ1n) is 11.9. The Labute approximate surface area is 182 Å². The molecule has 6 nitrogen and oxygen atoms in total. The Kier molecular flexibility index (Phi) is 16.4. The fraction of sp³-hybridized carbons (Fsp3) is 0.875. The normalized spacial score (nSPS) is 14.1. The SMILES string of the molecule is CCCCCCCCCCCCCCCCCC(=O)C(C)(OC(=O)C(C)O)C(=O)O. The molecule has 0 aliphatic heterocycles. The fourth-order valence-electron chi connectivity index (χ4n) is 3.40. The third kappa shape index (κ3) is 13.0. The number of rotatable bonds is 20. The number of carbonyl (C=O) groups is 3. The van der Waals surface area contributed by atoms with Gasteiger partial charge in [0.2, 0.25) is 0 Å². The Morgan fingerprint density at radius 2 is 1.13 bits per heavy atom. The highest BCUT2D eigenvalue weighted by Gasteiger charge is 2.45. The molecule has 0 aromatic heterocycles. The minimum Gasteiger partial charge on any atom is -0.478 e. The molecule has 2 N–H and O–H groups in total. The lowest BCUT2D eigenvalue weighted by Crippen LogP contribution is -2.49. The number of aliphatic hydroxyl groups excluding tert-OH is 1. The van der Waals surface area contributed by atoms with E-state index < -0.39 is 29.4 Å². The second-order valence-corrected chi connectivity index (χ2v) is 8.56. The maximum atomic E-state index is 12.3. The van der Waals surface area contributed by atoms with Gasteiger partial charge in [-0.3, -0.25) is 4.79 Å². The first-order chi connectivity index (χ1) is 14.3. The molecule has 0 spiro atoms. The molecule has 0 radical (unpaired) electrons. The molecular weight excluding hydrogens is 384 g/mol.